The van der Waals surface area contributed by atoms with Gasteiger partial charge in [0.15, 0.2) is 0 Å². The van der Waals surface area contributed by atoms with E-state index in [0.29, 0.717) is 10.8 Å². The van der Waals surface area contributed by atoms with Crippen LogP contribution in [0.2, 0.25) is 5.02 Å². The first kappa shape index (κ1) is 21.4. The first-order valence-electron chi connectivity index (χ1n) is 12.0. The fraction of sp³-hybridized carbons (Fsp3) is 0.333. The molecule has 0 spiro atoms. The van der Waals surface area contributed by atoms with E-state index in [1.54, 1.807) is 23.0 Å². The maximum absolute atomic E-state index is 12.8. The molecule has 4 aromatic rings. The van der Waals surface area contributed by atoms with Crippen LogP contribution in [0.25, 0.3) is 16.6 Å². The third-order valence-corrected chi connectivity index (χ3v) is 7.40. The van der Waals surface area contributed by atoms with Crippen LogP contribution < -0.4 is 10.3 Å². The molecule has 0 amide bonds. The Labute approximate surface area is 203 Å². The molecule has 0 N–H and O–H groups in total. The molecule has 0 saturated heterocycles. The zero-order chi connectivity index (χ0) is 23.1. The van der Waals surface area contributed by atoms with Crippen LogP contribution in [0.1, 0.15) is 30.7 Å². The monoisotopic (exact) mass is 474 g/mol. The van der Waals surface area contributed by atoms with Crippen molar-refractivity contribution in [1.82, 2.24) is 19.0 Å². The number of benzene rings is 1. The minimum Gasteiger partial charge on any atom is -0.487 e. The minimum absolute atomic E-state index is 0.127. The summed E-state index contributed by atoms with van der Waals surface area (Å²) in [5.74, 6) is 0.519. The zero-order valence-electron chi connectivity index (χ0n) is 19.0. The van der Waals surface area contributed by atoms with E-state index in [-0.39, 0.29) is 12.2 Å². The summed E-state index contributed by atoms with van der Waals surface area (Å²) in [6.45, 7) is 3.57. The molecule has 4 heterocycles. The van der Waals surface area contributed by atoms with Crippen molar-refractivity contribution in [1.29, 1.82) is 0 Å². The second-order valence-electron chi connectivity index (χ2n) is 9.23. The average molecular weight is 475 g/mol. The summed E-state index contributed by atoms with van der Waals surface area (Å²) in [6, 6.07) is 16.3. The van der Waals surface area contributed by atoms with E-state index >= 15 is 0 Å². The Morgan fingerprint density at radius 2 is 1.94 bits per heavy atom. The first-order valence-corrected chi connectivity index (χ1v) is 12.3. The summed E-state index contributed by atoms with van der Waals surface area (Å²) in [5, 5.41) is 1.77. The summed E-state index contributed by atoms with van der Waals surface area (Å²) < 4.78 is 9.87. The molecule has 7 heteroatoms. The quantitative estimate of drug-likeness (QED) is 0.415. The smallest absolute Gasteiger partial charge is 0.258 e. The largest absolute Gasteiger partial charge is 0.487 e. The summed E-state index contributed by atoms with van der Waals surface area (Å²) in [4.78, 5) is 19.7. The van der Waals surface area contributed by atoms with E-state index in [1.165, 1.54) is 41.9 Å². The maximum atomic E-state index is 12.8. The van der Waals surface area contributed by atoms with E-state index in [1.807, 2.05) is 18.2 Å². The first-order chi connectivity index (χ1) is 16.6. The number of nitrogens with zero attached hydrogens (tertiary/aromatic N) is 4. The van der Waals surface area contributed by atoms with Gasteiger partial charge in [-0.15, -0.1) is 0 Å². The number of pyridine rings is 2. The number of aromatic nitrogens is 3. The minimum atomic E-state index is -0.127. The maximum Gasteiger partial charge on any atom is 0.258 e. The van der Waals surface area contributed by atoms with Crippen molar-refractivity contribution in [3.05, 3.63) is 87.7 Å². The average Bonchev–Trinajstić information content (AvgIpc) is 3.03. The molecular weight excluding hydrogens is 448 g/mol. The lowest BCUT2D eigenvalue weighted by Gasteiger charge is -2.36. The van der Waals surface area contributed by atoms with Gasteiger partial charge in [-0.2, -0.15) is 0 Å². The van der Waals surface area contributed by atoms with Gasteiger partial charge in [0, 0.05) is 72.8 Å². The Bertz CT molecular complexity index is 1390. The van der Waals surface area contributed by atoms with Crippen molar-refractivity contribution in [2.24, 2.45) is 0 Å². The van der Waals surface area contributed by atoms with Crippen molar-refractivity contribution in [3.63, 3.8) is 0 Å². The number of rotatable bonds is 5. The molecule has 2 aliphatic rings. The standard InChI is InChI=1S/C27H27ClN4O2/c28-20-4-5-21(29-17-20)18-34-25-9-11-32(27(33)16-25)23-6-7-26-19(14-23)15-24-8-10-30(12-13-31(24)26)22-2-1-3-22/h4-7,9,11,14-17,22H,1-3,8,10,12-13,18H2. The SMILES string of the molecule is O=c1cc(OCc2ccc(Cl)cn2)ccn1-c1ccc2c(c1)cc1n2CCN(C2CCC2)CC1. The van der Waals surface area contributed by atoms with E-state index in [9.17, 15) is 4.79 Å². The second-order valence-corrected chi connectivity index (χ2v) is 9.66. The lowest BCUT2D eigenvalue weighted by molar-refractivity contribution is 0.130. The molecule has 6 rings (SSSR count). The van der Waals surface area contributed by atoms with Crippen molar-refractivity contribution in [3.8, 4) is 11.4 Å². The van der Waals surface area contributed by atoms with Crippen LogP contribution in [-0.2, 0) is 19.6 Å². The fourth-order valence-corrected chi connectivity index (χ4v) is 5.18. The molecule has 0 unspecified atom stereocenters. The van der Waals surface area contributed by atoms with Crippen LogP contribution >= 0.6 is 11.6 Å². The lowest BCUT2D eigenvalue weighted by atomic mass is 9.91. The fourth-order valence-electron chi connectivity index (χ4n) is 5.06. The molecule has 1 aliphatic carbocycles. The Morgan fingerprint density at radius 1 is 1.03 bits per heavy atom. The predicted octanol–water partition coefficient (Wildman–Crippen LogP) is 4.83. The Morgan fingerprint density at radius 3 is 2.71 bits per heavy atom. The van der Waals surface area contributed by atoms with Gasteiger partial charge in [0.25, 0.3) is 5.56 Å². The third kappa shape index (κ3) is 4.12. The summed E-state index contributed by atoms with van der Waals surface area (Å²) in [5.41, 5.74) is 4.12. The molecule has 1 saturated carbocycles. The normalized spacial score (nSPS) is 16.7. The van der Waals surface area contributed by atoms with E-state index in [0.717, 1.165) is 43.5 Å². The molecule has 34 heavy (non-hydrogen) atoms. The highest BCUT2D eigenvalue weighted by molar-refractivity contribution is 6.30. The highest BCUT2D eigenvalue weighted by Crippen LogP contribution is 2.29. The van der Waals surface area contributed by atoms with E-state index < -0.39 is 0 Å². The number of halogens is 1. The molecule has 174 valence electrons. The van der Waals surface area contributed by atoms with Crippen LogP contribution in [-0.4, -0.2) is 38.1 Å². The van der Waals surface area contributed by atoms with Crippen LogP contribution in [0.3, 0.4) is 0 Å². The number of fused-ring (bicyclic) bond motifs is 3. The summed E-state index contributed by atoms with van der Waals surface area (Å²) in [6.07, 6.45) is 8.53. The second kappa shape index (κ2) is 8.93. The van der Waals surface area contributed by atoms with Gasteiger partial charge in [-0.1, -0.05) is 18.0 Å². The van der Waals surface area contributed by atoms with E-state index in [4.69, 9.17) is 16.3 Å². The summed E-state index contributed by atoms with van der Waals surface area (Å²) in [7, 11) is 0. The molecular formula is C27H27ClN4O2. The topological polar surface area (TPSA) is 52.3 Å². The molecule has 6 nitrogen and oxygen atoms in total. The highest BCUT2D eigenvalue weighted by atomic mass is 35.5. The highest BCUT2D eigenvalue weighted by Gasteiger charge is 2.26. The molecule has 3 aromatic heterocycles. The summed E-state index contributed by atoms with van der Waals surface area (Å²) >= 11 is 5.87. The third-order valence-electron chi connectivity index (χ3n) is 7.17. The number of hydrogen-bond donors (Lipinski definition) is 0. The van der Waals surface area contributed by atoms with Gasteiger partial charge in [-0.3, -0.25) is 19.2 Å². The van der Waals surface area contributed by atoms with Gasteiger partial charge in [0.05, 0.1) is 10.7 Å². The van der Waals surface area contributed by atoms with Crippen molar-refractivity contribution < 1.29 is 4.74 Å². The Kier molecular flexibility index (Phi) is 5.63. The molecule has 0 radical (unpaired) electrons. The Balaban J connectivity index is 1.20. The van der Waals surface area contributed by atoms with Gasteiger partial charge in [0.1, 0.15) is 12.4 Å². The molecule has 0 bridgehead atoms. The molecule has 1 aliphatic heterocycles. The number of hydrogen-bond acceptors (Lipinski definition) is 4. The van der Waals surface area contributed by atoms with Crippen LogP contribution in [0.5, 0.6) is 5.75 Å². The van der Waals surface area contributed by atoms with Crippen molar-refractivity contribution >= 4 is 22.5 Å². The molecule has 1 aromatic carbocycles. The lowest BCUT2D eigenvalue weighted by Crippen LogP contribution is -2.41. The van der Waals surface area contributed by atoms with E-state index in [2.05, 4.69) is 32.7 Å². The van der Waals surface area contributed by atoms with Gasteiger partial charge in [-0.05, 0) is 55.3 Å². The van der Waals surface area contributed by atoms with Gasteiger partial charge in [-0.25, -0.2) is 0 Å². The van der Waals surface area contributed by atoms with Crippen molar-refractivity contribution in [2.45, 2.75) is 44.9 Å². The molecule has 1 fully saturated rings. The zero-order valence-corrected chi connectivity index (χ0v) is 19.7. The van der Waals surface area contributed by atoms with Gasteiger partial charge in [0.2, 0.25) is 0 Å². The van der Waals surface area contributed by atoms with Crippen molar-refractivity contribution in [2.75, 3.05) is 13.1 Å². The van der Waals surface area contributed by atoms with Crippen LogP contribution in [0.15, 0.2) is 65.7 Å². The van der Waals surface area contributed by atoms with Gasteiger partial charge < -0.3 is 9.30 Å². The van der Waals surface area contributed by atoms with Crippen LogP contribution in [0, 0.1) is 0 Å². The molecule has 0 atom stereocenters. The van der Waals surface area contributed by atoms with Crippen LogP contribution in [0.4, 0.5) is 0 Å². The Hall–Kier alpha value is -3.09. The van der Waals surface area contributed by atoms with Gasteiger partial charge >= 0.3 is 0 Å². The predicted molar refractivity (Wildman–Crippen MR) is 134 cm³/mol. The number of ether oxygens (including phenoxy) is 1.